The van der Waals surface area contributed by atoms with Gasteiger partial charge in [0.2, 0.25) is 0 Å². The van der Waals surface area contributed by atoms with Crippen molar-refractivity contribution < 1.29 is 14.3 Å². The summed E-state index contributed by atoms with van der Waals surface area (Å²) in [6.07, 6.45) is 0.915. The number of hydrogen-bond donors (Lipinski definition) is 0. The zero-order chi connectivity index (χ0) is 12.0. The second-order valence-electron chi connectivity index (χ2n) is 3.57. The van der Waals surface area contributed by atoms with Gasteiger partial charge in [-0.05, 0) is 32.0 Å². The summed E-state index contributed by atoms with van der Waals surface area (Å²) in [6, 6.07) is 4.97. The van der Waals surface area contributed by atoms with Crippen LogP contribution in [0.15, 0.2) is 18.2 Å². The highest BCUT2D eigenvalue weighted by atomic mass is 35.5. The van der Waals surface area contributed by atoms with Gasteiger partial charge < -0.3 is 9.47 Å². The molecule has 0 amide bonds. The summed E-state index contributed by atoms with van der Waals surface area (Å²) >= 11 is 5.85. The number of ether oxygens (including phenoxy) is 2. The predicted octanol–water partition coefficient (Wildman–Crippen LogP) is 2.96. The Bertz CT molecular complexity index is 350. The Morgan fingerprint density at radius 1 is 1.38 bits per heavy atom. The SMILES string of the molecule is CC(C)OCCOc1ccc(C=O)c(Cl)c1. The highest BCUT2D eigenvalue weighted by Gasteiger charge is 2.01. The molecule has 0 radical (unpaired) electrons. The smallest absolute Gasteiger partial charge is 0.151 e. The first-order valence-corrected chi connectivity index (χ1v) is 5.50. The first-order chi connectivity index (χ1) is 7.63. The lowest BCUT2D eigenvalue weighted by Gasteiger charge is -2.09. The van der Waals surface area contributed by atoms with Gasteiger partial charge in [0.15, 0.2) is 6.29 Å². The van der Waals surface area contributed by atoms with E-state index in [0.29, 0.717) is 35.8 Å². The summed E-state index contributed by atoms with van der Waals surface area (Å²) in [7, 11) is 0. The molecule has 0 saturated carbocycles. The lowest BCUT2D eigenvalue weighted by atomic mass is 10.2. The molecule has 0 fully saturated rings. The number of benzene rings is 1. The number of carbonyl (C=O) groups excluding carboxylic acids is 1. The summed E-state index contributed by atoms with van der Waals surface area (Å²) in [5.41, 5.74) is 0.465. The van der Waals surface area contributed by atoms with Crippen molar-refractivity contribution in [2.75, 3.05) is 13.2 Å². The van der Waals surface area contributed by atoms with E-state index in [0.717, 1.165) is 0 Å². The van der Waals surface area contributed by atoms with E-state index in [4.69, 9.17) is 21.1 Å². The fourth-order valence-electron chi connectivity index (χ4n) is 1.14. The van der Waals surface area contributed by atoms with Gasteiger partial charge in [0.05, 0.1) is 17.7 Å². The van der Waals surface area contributed by atoms with E-state index >= 15 is 0 Å². The molecule has 1 rings (SSSR count). The van der Waals surface area contributed by atoms with Crippen molar-refractivity contribution in [2.45, 2.75) is 20.0 Å². The second kappa shape index (κ2) is 6.51. The molecule has 1 aromatic carbocycles. The largest absolute Gasteiger partial charge is 0.491 e. The Labute approximate surface area is 100 Å². The molecule has 0 heterocycles. The van der Waals surface area contributed by atoms with Crippen molar-refractivity contribution in [3.63, 3.8) is 0 Å². The molecule has 0 N–H and O–H groups in total. The van der Waals surface area contributed by atoms with Crippen molar-refractivity contribution in [1.82, 2.24) is 0 Å². The van der Waals surface area contributed by atoms with Gasteiger partial charge in [-0.15, -0.1) is 0 Å². The van der Waals surface area contributed by atoms with E-state index in [2.05, 4.69) is 0 Å². The molecule has 0 aliphatic rings. The second-order valence-corrected chi connectivity index (χ2v) is 3.98. The van der Waals surface area contributed by atoms with Gasteiger partial charge in [-0.1, -0.05) is 11.6 Å². The van der Waals surface area contributed by atoms with Crippen molar-refractivity contribution in [3.8, 4) is 5.75 Å². The highest BCUT2D eigenvalue weighted by molar-refractivity contribution is 6.33. The van der Waals surface area contributed by atoms with E-state index in [1.165, 1.54) is 0 Å². The van der Waals surface area contributed by atoms with E-state index in [1.807, 2.05) is 13.8 Å². The average Bonchev–Trinajstić information content (AvgIpc) is 2.24. The van der Waals surface area contributed by atoms with Gasteiger partial charge in [-0.3, -0.25) is 4.79 Å². The molecule has 0 saturated heterocycles. The summed E-state index contributed by atoms with van der Waals surface area (Å²) < 4.78 is 10.7. The van der Waals surface area contributed by atoms with Crippen LogP contribution in [-0.2, 0) is 4.74 Å². The molecule has 0 unspecified atom stereocenters. The van der Waals surface area contributed by atoms with E-state index in [1.54, 1.807) is 18.2 Å². The van der Waals surface area contributed by atoms with Crippen molar-refractivity contribution >= 4 is 17.9 Å². The normalized spacial score (nSPS) is 10.5. The number of aldehydes is 1. The van der Waals surface area contributed by atoms with Crippen LogP contribution in [0.2, 0.25) is 5.02 Å². The highest BCUT2D eigenvalue weighted by Crippen LogP contribution is 2.21. The maximum absolute atomic E-state index is 10.5. The number of halogens is 1. The first kappa shape index (κ1) is 13.0. The fraction of sp³-hybridized carbons (Fsp3) is 0.417. The maximum Gasteiger partial charge on any atom is 0.151 e. The Hall–Kier alpha value is -1.06. The molecule has 16 heavy (non-hydrogen) atoms. The van der Waals surface area contributed by atoms with Crippen LogP contribution in [0, 0.1) is 0 Å². The molecular formula is C12H15ClO3. The summed E-state index contributed by atoms with van der Waals surface area (Å²) in [6.45, 7) is 4.94. The van der Waals surface area contributed by atoms with Crippen LogP contribution in [0.1, 0.15) is 24.2 Å². The molecule has 0 aliphatic carbocycles. The van der Waals surface area contributed by atoms with Crippen LogP contribution < -0.4 is 4.74 Å². The Kier molecular flexibility index (Phi) is 5.29. The Balaban J connectivity index is 2.43. The first-order valence-electron chi connectivity index (χ1n) is 5.12. The monoisotopic (exact) mass is 242 g/mol. The fourth-order valence-corrected chi connectivity index (χ4v) is 1.35. The molecule has 4 heteroatoms. The summed E-state index contributed by atoms with van der Waals surface area (Å²) in [4.78, 5) is 10.5. The molecule has 88 valence electrons. The minimum Gasteiger partial charge on any atom is -0.491 e. The van der Waals surface area contributed by atoms with Crippen LogP contribution in [0.25, 0.3) is 0 Å². The van der Waals surface area contributed by atoms with Crippen LogP contribution in [0.5, 0.6) is 5.75 Å². The van der Waals surface area contributed by atoms with Crippen LogP contribution in [0.4, 0.5) is 0 Å². The van der Waals surface area contributed by atoms with Gasteiger partial charge in [-0.2, -0.15) is 0 Å². The molecule has 1 aromatic rings. The van der Waals surface area contributed by atoms with Crippen molar-refractivity contribution in [2.24, 2.45) is 0 Å². The number of carbonyl (C=O) groups is 1. The standard InChI is InChI=1S/C12H15ClO3/c1-9(2)15-5-6-16-11-4-3-10(8-14)12(13)7-11/h3-4,7-9H,5-6H2,1-2H3. The molecular weight excluding hydrogens is 228 g/mol. The average molecular weight is 243 g/mol. The minimum atomic E-state index is 0.199. The van der Waals surface area contributed by atoms with Crippen LogP contribution in [-0.4, -0.2) is 25.6 Å². The molecule has 0 atom stereocenters. The zero-order valence-corrected chi connectivity index (χ0v) is 10.2. The number of hydrogen-bond acceptors (Lipinski definition) is 3. The maximum atomic E-state index is 10.5. The molecule has 0 spiro atoms. The van der Waals surface area contributed by atoms with Gasteiger partial charge in [-0.25, -0.2) is 0 Å². The summed E-state index contributed by atoms with van der Waals surface area (Å²) in [5.74, 6) is 0.642. The molecule has 0 bridgehead atoms. The molecule has 3 nitrogen and oxygen atoms in total. The minimum absolute atomic E-state index is 0.199. The third kappa shape index (κ3) is 4.21. The van der Waals surface area contributed by atoms with Crippen molar-refractivity contribution in [3.05, 3.63) is 28.8 Å². The Morgan fingerprint density at radius 2 is 2.12 bits per heavy atom. The van der Waals surface area contributed by atoms with Crippen LogP contribution in [0.3, 0.4) is 0 Å². The lowest BCUT2D eigenvalue weighted by molar-refractivity contribution is 0.0552. The Morgan fingerprint density at radius 3 is 2.69 bits per heavy atom. The third-order valence-corrected chi connectivity index (χ3v) is 2.23. The topological polar surface area (TPSA) is 35.5 Å². The van der Waals surface area contributed by atoms with Crippen molar-refractivity contribution in [1.29, 1.82) is 0 Å². The van der Waals surface area contributed by atoms with Gasteiger partial charge >= 0.3 is 0 Å². The number of rotatable bonds is 6. The van der Waals surface area contributed by atoms with Crippen LogP contribution >= 0.6 is 11.6 Å². The zero-order valence-electron chi connectivity index (χ0n) is 9.40. The van der Waals surface area contributed by atoms with Gasteiger partial charge in [0, 0.05) is 5.56 Å². The predicted molar refractivity (Wildman–Crippen MR) is 63.4 cm³/mol. The summed E-state index contributed by atoms with van der Waals surface area (Å²) in [5, 5.41) is 0.400. The van der Waals surface area contributed by atoms with Gasteiger partial charge in [0.25, 0.3) is 0 Å². The van der Waals surface area contributed by atoms with E-state index < -0.39 is 0 Å². The van der Waals surface area contributed by atoms with Gasteiger partial charge in [0.1, 0.15) is 12.4 Å². The molecule has 0 aromatic heterocycles. The quantitative estimate of drug-likeness (QED) is 0.568. The lowest BCUT2D eigenvalue weighted by Crippen LogP contribution is -2.11. The van der Waals surface area contributed by atoms with E-state index in [-0.39, 0.29) is 6.10 Å². The van der Waals surface area contributed by atoms with E-state index in [9.17, 15) is 4.79 Å². The molecule has 0 aliphatic heterocycles. The third-order valence-electron chi connectivity index (χ3n) is 1.90.